The minimum atomic E-state index is -0.235. The second kappa shape index (κ2) is 9.53. The Morgan fingerprint density at radius 3 is 2.59 bits per heavy atom. The summed E-state index contributed by atoms with van der Waals surface area (Å²) in [6.07, 6.45) is 4.95. The topological polar surface area (TPSA) is 51.2 Å². The van der Waals surface area contributed by atoms with E-state index < -0.39 is 0 Å². The number of carbonyl (C=O) groups excluding carboxylic acids is 1. The summed E-state index contributed by atoms with van der Waals surface area (Å²) in [6, 6.07) is 21.7. The van der Waals surface area contributed by atoms with Crippen molar-refractivity contribution in [2.24, 2.45) is 0 Å². The largest absolute Gasteiger partial charge is 0.497 e. The highest BCUT2D eigenvalue weighted by molar-refractivity contribution is 5.84. The van der Waals surface area contributed by atoms with Crippen molar-refractivity contribution in [3.05, 3.63) is 95.8 Å². The van der Waals surface area contributed by atoms with Crippen molar-refractivity contribution in [2.75, 3.05) is 13.7 Å². The average Bonchev–Trinajstić information content (AvgIpc) is 2.73. The molecule has 0 bridgehead atoms. The molecule has 0 spiro atoms. The molecule has 0 aliphatic rings. The number of nitrogens with one attached hydrogen (secondary N) is 1. The van der Waals surface area contributed by atoms with E-state index in [1.54, 1.807) is 13.3 Å². The Morgan fingerprint density at radius 1 is 1.04 bits per heavy atom. The Morgan fingerprint density at radius 2 is 1.85 bits per heavy atom. The van der Waals surface area contributed by atoms with Gasteiger partial charge in [-0.25, -0.2) is 0 Å². The van der Waals surface area contributed by atoms with Crippen LogP contribution in [0.3, 0.4) is 0 Å². The van der Waals surface area contributed by atoms with Crippen molar-refractivity contribution in [3.8, 4) is 5.75 Å². The van der Waals surface area contributed by atoms with Crippen LogP contribution in [0.1, 0.15) is 22.6 Å². The zero-order valence-electron chi connectivity index (χ0n) is 15.5. The third-order valence-electron chi connectivity index (χ3n) is 4.53. The van der Waals surface area contributed by atoms with Gasteiger partial charge in [0.1, 0.15) is 5.75 Å². The molecule has 0 aliphatic carbocycles. The van der Waals surface area contributed by atoms with Crippen LogP contribution in [0.5, 0.6) is 5.75 Å². The summed E-state index contributed by atoms with van der Waals surface area (Å²) in [5.41, 5.74) is 3.20. The van der Waals surface area contributed by atoms with Crippen LogP contribution in [-0.4, -0.2) is 24.5 Å². The molecule has 0 aliphatic heterocycles. The molecule has 0 radical (unpaired) electrons. The molecular formula is C23H24N2O2. The molecule has 1 heterocycles. The molecule has 4 heteroatoms. The van der Waals surface area contributed by atoms with Crippen LogP contribution in [0.25, 0.3) is 0 Å². The maximum absolute atomic E-state index is 12.9. The first-order valence-electron chi connectivity index (χ1n) is 9.11. The van der Waals surface area contributed by atoms with Crippen LogP contribution >= 0.6 is 0 Å². The highest BCUT2D eigenvalue weighted by atomic mass is 16.5. The second-order valence-corrected chi connectivity index (χ2v) is 6.42. The Bertz CT molecular complexity index is 851. The van der Waals surface area contributed by atoms with E-state index in [-0.39, 0.29) is 11.8 Å². The fraction of sp³-hybridized carbons (Fsp3) is 0.217. The summed E-state index contributed by atoms with van der Waals surface area (Å²) in [5, 5.41) is 3.09. The van der Waals surface area contributed by atoms with Gasteiger partial charge in [-0.15, -0.1) is 0 Å². The molecule has 2 aromatic carbocycles. The average molecular weight is 360 g/mol. The van der Waals surface area contributed by atoms with Gasteiger partial charge in [0.2, 0.25) is 5.91 Å². The Labute approximate surface area is 160 Å². The fourth-order valence-corrected chi connectivity index (χ4v) is 3.08. The molecule has 3 aromatic rings. The van der Waals surface area contributed by atoms with Gasteiger partial charge in [0, 0.05) is 18.9 Å². The number of aromatic nitrogens is 1. The van der Waals surface area contributed by atoms with Gasteiger partial charge in [-0.05, 0) is 47.7 Å². The lowest BCUT2D eigenvalue weighted by atomic mass is 9.91. The highest BCUT2D eigenvalue weighted by Crippen LogP contribution is 2.21. The van der Waals surface area contributed by atoms with Gasteiger partial charge in [0.15, 0.2) is 0 Å². The van der Waals surface area contributed by atoms with Crippen LogP contribution in [0.4, 0.5) is 0 Å². The second-order valence-electron chi connectivity index (χ2n) is 6.42. The maximum atomic E-state index is 12.9. The number of ether oxygens (including phenoxy) is 1. The summed E-state index contributed by atoms with van der Waals surface area (Å²) >= 11 is 0. The lowest BCUT2D eigenvalue weighted by Gasteiger charge is -2.17. The zero-order chi connectivity index (χ0) is 18.9. The van der Waals surface area contributed by atoms with E-state index in [4.69, 9.17) is 4.74 Å². The third kappa shape index (κ3) is 5.42. The number of methoxy groups -OCH3 is 1. The predicted octanol–water partition coefficient (Wildman–Crippen LogP) is 3.78. The number of hydrogen-bond acceptors (Lipinski definition) is 3. The lowest BCUT2D eigenvalue weighted by Crippen LogP contribution is -2.32. The van der Waals surface area contributed by atoms with E-state index in [0.717, 1.165) is 28.9 Å². The van der Waals surface area contributed by atoms with Gasteiger partial charge in [-0.1, -0.05) is 48.5 Å². The number of rotatable bonds is 8. The highest BCUT2D eigenvalue weighted by Gasteiger charge is 2.20. The van der Waals surface area contributed by atoms with Crippen molar-refractivity contribution in [2.45, 2.75) is 18.8 Å². The number of nitrogens with zero attached hydrogens (tertiary/aromatic N) is 1. The normalized spacial score (nSPS) is 11.6. The predicted molar refractivity (Wildman–Crippen MR) is 107 cm³/mol. The monoisotopic (exact) mass is 360 g/mol. The quantitative estimate of drug-likeness (QED) is 0.665. The number of hydrogen-bond donors (Lipinski definition) is 1. The minimum absolute atomic E-state index is 0.0351. The molecule has 0 fully saturated rings. The molecule has 0 saturated heterocycles. The molecule has 1 atom stereocenters. The first-order valence-corrected chi connectivity index (χ1v) is 9.11. The summed E-state index contributed by atoms with van der Waals surface area (Å²) in [6.45, 7) is 0.586. The summed E-state index contributed by atoms with van der Waals surface area (Å²) in [5.74, 6) is 0.631. The van der Waals surface area contributed by atoms with E-state index >= 15 is 0 Å². The standard InChI is InChI=1S/C23H24N2O2/c1-27-21-11-5-7-18(15-21)12-14-25-23(26)22(20-9-3-2-4-10-20)16-19-8-6-13-24-17-19/h2-11,13,15,17,22H,12,14,16H2,1H3,(H,25,26). The molecule has 1 aromatic heterocycles. The minimum Gasteiger partial charge on any atom is -0.497 e. The van der Waals surface area contributed by atoms with Crippen molar-refractivity contribution >= 4 is 5.91 Å². The first-order chi connectivity index (χ1) is 13.3. The SMILES string of the molecule is COc1cccc(CCNC(=O)C(Cc2cccnc2)c2ccccc2)c1. The lowest BCUT2D eigenvalue weighted by molar-refractivity contribution is -0.122. The van der Waals surface area contributed by atoms with Crippen molar-refractivity contribution in [1.82, 2.24) is 10.3 Å². The molecule has 3 rings (SSSR count). The van der Waals surface area contributed by atoms with Gasteiger partial charge in [-0.2, -0.15) is 0 Å². The van der Waals surface area contributed by atoms with Crippen molar-refractivity contribution in [3.63, 3.8) is 0 Å². The van der Waals surface area contributed by atoms with Gasteiger partial charge >= 0.3 is 0 Å². The molecule has 1 amide bonds. The van der Waals surface area contributed by atoms with E-state index in [2.05, 4.69) is 10.3 Å². The van der Waals surface area contributed by atoms with Crippen molar-refractivity contribution < 1.29 is 9.53 Å². The number of amides is 1. The summed E-state index contributed by atoms with van der Waals surface area (Å²) in [7, 11) is 1.66. The number of pyridine rings is 1. The molecule has 4 nitrogen and oxygen atoms in total. The molecule has 0 saturated carbocycles. The first kappa shape index (κ1) is 18.6. The summed E-state index contributed by atoms with van der Waals surface area (Å²) in [4.78, 5) is 17.1. The van der Waals surface area contributed by atoms with Crippen LogP contribution in [0.2, 0.25) is 0 Å². The molecule has 1 unspecified atom stereocenters. The number of benzene rings is 2. The molecule has 27 heavy (non-hydrogen) atoms. The number of carbonyl (C=O) groups is 1. The van der Waals surface area contributed by atoms with E-state index in [1.165, 1.54) is 0 Å². The Balaban J connectivity index is 1.65. The van der Waals surface area contributed by atoms with Crippen LogP contribution < -0.4 is 10.1 Å². The smallest absolute Gasteiger partial charge is 0.227 e. The Kier molecular flexibility index (Phi) is 6.58. The van der Waals surface area contributed by atoms with Gasteiger partial charge in [0.25, 0.3) is 0 Å². The third-order valence-corrected chi connectivity index (χ3v) is 4.53. The van der Waals surface area contributed by atoms with Gasteiger partial charge < -0.3 is 10.1 Å². The Hall–Kier alpha value is -3.14. The van der Waals surface area contributed by atoms with Crippen molar-refractivity contribution in [1.29, 1.82) is 0 Å². The van der Waals surface area contributed by atoms with Crippen LogP contribution in [0, 0.1) is 0 Å². The summed E-state index contributed by atoms with van der Waals surface area (Å²) < 4.78 is 5.25. The molecule has 1 N–H and O–H groups in total. The van der Waals surface area contributed by atoms with Crippen LogP contribution in [-0.2, 0) is 17.6 Å². The van der Waals surface area contributed by atoms with E-state index in [0.29, 0.717) is 13.0 Å². The van der Waals surface area contributed by atoms with Gasteiger partial charge in [-0.3, -0.25) is 9.78 Å². The zero-order valence-corrected chi connectivity index (χ0v) is 15.5. The van der Waals surface area contributed by atoms with E-state index in [1.807, 2.05) is 72.9 Å². The molecular weight excluding hydrogens is 336 g/mol. The fourth-order valence-electron chi connectivity index (χ4n) is 3.08. The molecule has 138 valence electrons. The van der Waals surface area contributed by atoms with Gasteiger partial charge in [0.05, 0.1) is 13.0 Å². The van der Waals surface area contributed by atoms with Crippen LogP contribution in [0.15, 0.2) is 79.1 Å². The van der Waals surface area contributed by atoms with E-state index in [9.17, 15) is 4.79 Å². The maximum Gasteiger partial charge on any atom is 0.227 e.